The number of nitrogens with one attached hydrogen (secondary N) is 1. The molecule has 1 aromatic heterocycles. The van der Waals surface area contributed by atoms with E-state index in [0.29, 0.717) is 0 Å². The van der Waals surface area contributed by atoms with Crippen molar-refractivity contribution in [3.05, 3.63) is 53.9 Å². The summed E-state index contributed by atoms with van der Waals surface area (Å²) in [6.45, 7) is 1.96. The number of carbonyl (C=O) groups excluding carboxylic acids is 1. The van der Waals surface area contributed by atoms with Crippen molar-refractivity contribution in [1.82, 2.24) is 4.98 Å². The maximum absolute atomic E-state index is 12.4. The van der Waals surface area contributed by atoms with E-state index < -0.39 is 11.9 Å². The fraction of sp³-hybridized carbons (Fsp3) is 0.235. The largest absolute Gasteiger partial charge is 0.478 e. The molecule has 1 amide bonds. The number of benzene rings is 1. The summed E-state index contributed by atoms with van der Waals surface area (Å²) in [5, 5.41) is 11.8. The molecule has 6 heteroatoms. The Morgan fingerprint density at radius 3 is 2.61 bits per heavy atom. The van der Waals surface area contributed by atoms with Crippen molar-refractivity contribution in [2.45, 2.75) is 12.8 Å². The topological polar surface area (TPSA) is 82.5 Å². The lowest BCUT2D eigenvalue weighted by molar-refractivity contribution is 0.0698. The Hall–Kier alpha value is -2.89. The quantitative estimate of drug-likeness (QED) is 0.907. The van der Waals surface area contributed by atoms with Crippen LogP contribution in [0.25, 0.3) is 0 Å². The third-order valence-corrected chi connectivity index (χ3v) is 3.85. The van der Waals surface area contributed by atoms with Gasteiger partial charge >= 0.3 is 5.97 Å². The molecule has 0 aliphatic carbocycles. The van der Waals surface area contributed by atoms with Gasteiger partial charge in [-0.15, -0.1) is 0 Å². The molecule has 3 rings (SSSR count). The van der Waals surface area contributed by atoms with E-state index in [1.54, 1.807) is 30.5 Å². The minimum Gasteiger partial charge on any atom is -0.478 e. The van der Waals surface area contributed by atoms with E-state index in [1.165, 1.54) is 6.07 Å². The van der Waals surface area contributed by atoms with Crippen molar-refractivity contribution in [1.29, 1.82) is 0 Å². The highest BCUT2D eigenvalue weighted by Gasteiger charge is 2.17. The fourth-order valence-corrected chi connectivity index (χ4v) is 2.68. The summed E-state index contributed by atoms with van der Waals surface area (Å²) in [6.07, 6.45) is 3.90. The number of anilines is 2. The third-order valence-electron chi connectivity index (χ3n) is 3.85. The first kappa shape index (κ1) is 15.0. The average molecular weight is 311 g/mol. The van der Waals surface area contributed by atoms with Gasteiger partial charge in [0.15, 0.2) is 0 Å². The van der Waals surface area contributed by atoms with Gasteiger partial charge in [-0.05, 0) is 37.1 Å². The molecule has 6 nitrogen and oxygen atoms in total. The zero-order chi connectivity index (χ0) is 16.2. The molecule has 118 valence electrons. The number of aromatic nitrogens is 1. The predicted molar refractivity (Wildman–Crippen MR) is 87.0 cm³/mol. The van der Waals surface area contributed by atoms with Gasteiger partial charge in [-0.25, -0.2) is 4.79 Å². The Labute approximate surface area is 133 Å². The Kier molecular flexibility index (Phi) is 4.23. The van der Waals surface area contributed by atoms with Crippen LogP contribution < -0.4 is 10.2 Å². The first-order chi connectivity index (χ1) is 11.1. The molecule has 23 heavy (non-hydrogen) atoms. The van der Waals surface area contributed by atoms with Crippen molar-refractivity contribution in [3.63, 3.8) is 0 Å². The number of amides is 1. The molecule has 1 aromatic carbocycles. The highest BCUT2D eigenvalue weighted by Crippen LogP contribution is 2.21. The lowest BCUT2D eigenvalue weighted by atomic mass is 10.1. The molecule has 1 aliphatic rings. The summed E-state index contributed by atoms with van der Waals surface area (Å²) < 4.78 is 0. The van der Waals surface area contributed by atoms with E-state index >= 15 is 0 Å². The molecule has 0 radical (unpaired) electrons. The van der Waals surface area contributed by atoms with Crippen molar-refractivity contribution in [2.24, 2.45) is 0 Å². The van der Waals surface area contributed by atoms with Gasteiger partial charge in [-0.3, -0.25) is 9.78 Å². The molecule has 0 atom stereocenters. The van der Waals surface area contributed by atoms with E-state index in [4.69, 9.17) is 5.11 Å². The molecule has 0 bridgehead atoms. The minimum atomic E-state index is -1.08. The van der Waals surface area contributed by atoms with Crippen molar-refractivity contribution >= 4 is 23.3 Å². The van der Waals surface area contributed by atoms with Crippen LogP contribution in [0.2, 0.25) is 0 Å². The number of aromatic carboxylic acids is 1. The van der Waals surface area contributed by atoms with Crippen LogP contribution in [0.5, 0.6) is 0 Å². The molecule has 1 fully saturated rings. The van der Waals surface area contributed by atoms with Crippen LogP contribution in [-0.2, 0) is 0 Å². The summed E-state index contributed by atoms with van der Waals surface area (Å²) >= 11 is 0. The van der Waals surface area contributed by atoms with Gasteiger partial charge in [0.05, 0.1) is 11.3 Å². The fourth-order valence-electron chi connectivity index (χ4n) is 2.68. The summed E-state index contributed by atoms with van der Waals surface area (Å²) in [7, 11) is 0. The maximum Gasteiger partial charge on any atom is 0.337 e. The second-order valence-corrected chi connectivity index (χ2v) is 5.40. The SMILES string of the molecule is O=C(Nc1ccccc1C(=O)O)c1cc(N2CCCC2)ccn1. The Balaban J connectivity index is 1.81. The van der Waals surface area contributed by atoms with Gasteiger partial charge in [0.1, 0.15) is 5.69 Å². The first-order valence-electron chi connectivity index (χ1n) is 7.50. The van der Waals surface area contributed by atoms with Crippen LogP contribution in [0.1, 0.15) is 33.7 Å². The summed E-state index contributed by atoms with van der Waals surface area (Å²) in [6, 6.07) is 9.93. The van der Waals surface area contributed by atoms with E-state index in [9.17, 15) is 9.59 Å². The summed E-state index contributed by atoms with van der Waals surface area (Å²) in [4.78, 5) is 29.9. The number of carbonyl (C=O) groups is 2. The Morgan fingerprint density at radius 2 is 1.87 bits per heavy atom. The van der Waals surface area contributed by atoms with Gasteiger partial charge in [-0.1, -0.05) is 12.1 Å². The number of nitrogens with zero attached hydrogens (tertiary/aromatic N) is 2. The van der Waals surface area contributed by atoms with Crippen molar-refractivity contribution < 1.29 is 14.7 Å². The van der Waals surface area contributed by atoms with Crippen LogP contribution in [0.4, 0.5) is 11.4 Å². The van der Waals surface area contributed by atoms with Crippen LogP contribution >= 0.6 is 0 Å². The molecule has 2 aromatic rings. The van der Waals surface area contributed by atoms with Crippen molar-refractivity contribution in [2.75, 3.05) is 23.3 Å². The van der Waals surface area contributed by atoms with Gasteiger partial charge in [0, 0.05) is 25.0 Å². The monoisotopic (exact) mass is 311 g/mol. The van der Waals surface area contributed by atoms with E-state index in [0.717, 1.165) is 31.6 Å². The molecular weight excluding hydrogens is 294 g/mol. The van der Waals surface area contributed by atoms with Gasteiger partial charge in [-0.2, -0.15) is 0 Å². The average Bonchev–Trinajstić information content (AvgIpc) is 3.10. The molecule has 1 saturated heterocycles. The van der Waals surface area contributed by atoms with E-state index in [-0.39, 0.29) is 16.9 Å². The number of carboxylic acids is 1. The van der Waals surface area contributed by atoms with Gasteiger partial charge in [0.25, 0.3) is 5.91 Å². The molecule has 0 spiro atoms. The first-order valence-corrected chi connectivity index (χ1v) is 7.50. The second kappa shape index (κ2) is 6.48. The molecular formula is C17H17N3O3. The maximum atomic E-state index is 12.4. The van der Waals surface area contributed by atoms with E-state index in [1.807, 2.05) is 6.07 Å². The number of hydrogen-bond donors (Lipinski definition) is 2. The molecule has 0 saturated carbocycles. The van der Waals surface area contributed by atoms with Crippen molar-refractivity contribution in [3.8, 4) is 0 Å². The molecule has 0 unspecified atom stereocenters. The lowest BCUT2D eigenvalue weighted by Crippen LogP contribution is -2.20. The van der Waals surface area contributed by atoms with Crippen LogP contribution in [0.3, 0.4) is 0 Å². The third kappa shape index (κ3) is 3.31. The minimum absolute atomic E-state index is 0.0524. The van der Waals surface area contributed by atoms with Gasteiger partial charge < -0.3 is 15.3 Å². The zero-order valence-electron chi connectivity index (χ0n) is 12.5. The smallest absolute Gasteiger partial charge is 0.337 e. The molecule has 1 aliphatic heterocycles. The number of rotatable bonds is 4. The number of hydrogen-bond acceptors (Lipinski definition) is 4. The number of pyridine rings is 1. The predicted octanol–water partition coefficient (Wildman–Crippen LogP) is 2.63. The number of para-hydroxylation sites is 1. The number of carboxylic acid groups (broad SMARTS) is 1. The highest BCUT2D eigenvalue weighted by molar-refractivity contribution is 6.07. The standard InChI is InChI=1S/C17H17N3O3/c21-16(19-14-6-2-1-5-13(14)17(22)23)15-11-12(7-8-18-15)20-9-3-4-10-20/h1-2,5-8,11H,3-4,9-10H2,(H,19,21)(H,22,23). The van der Waals surface area contributed by atoms with E-state index in [2.05, 4.69) is 15.2 Å². The molecule has 2 heterocycles. The Morgan fingerprint density at radius 1 is 1.13 bits per heavy atom. The summed E-state index contributed by atoms with van der Waals surface area (Å²) in [5.74, 6) is -1.50. The van der Waals surface area contributed by atoms with Crippen LogP contribution in [-0.4, -0.2) is 35.1 Å². The van der Waals surface area contributed by atoms with Crippen LogP contribution in [0, 0.1) is 0 Å². The van der Waals surface area contributed by atoms with Crippen LogP contribution in [0.15, 0.2) is 42.6 Å². The summed E-state index contributed by atoms with van der Waals surface area (Å²) in [5.41, 5.74) is 1.55. The second-order valence-electron chi connectivity index (χ2n) is 5.40. The zero-order valence-corrected chi connectivity index (χ0v) is 12.5. The highest BCUT2D eigenvalue weighted by atomic mass is 16.4. The Bertz CT molecular complexity index is 739. The lowest BCUT2D eigenvalue weighted by Gasteiger charge is -2.17. The normalized spacial score (nSPS) is 13.8. The van der Waals surface area contributed by atoms with Gasteiger partial charge in [0.2, 0.25) is 0 Å². The molecule has 2 N–H and O–H groups in total.